The first-order valence-electron chi connectivity index (χ1n) is 11.0. The van der Waals surface area contributed by atoms with Gasteiger partial charge in [-0.15, -0.1) is 0 Å². The molecule has 0 spiro atoms. The van der Waals surface area contributed by atoms with Crippen LogP contribution in [-0.4, -0.2) is 66.7 Å². The molecule has 2 aliphatic rings. The predicted molar refractivity (Wildman–Crippen MR) is 124 cm³/mol. The van der Waals surface area contributed by atoms with Crippen LogP contribution in [0.2, 0.25) is 0 Å². The molecule has 5 rings (SSSR count). The van der Waals surface area contributed by atoms with Gasteiger partial charge in [-0.2, -0.15) is 0 Å². The maximum Gasteiger partial charge on any atom is 0.270 e. The Balaban J connectivity index is 1.31. The third-order valence-corrected chi connectivity index (χ3v) is 6.15. The smallest absolute Gasteiger partial charge is 0.270 e. The summed E-state index contributed by atoms with van der Waals surface area (Å²) in [5.41, 5.74) is 4.42. The summed E-state index contributed by atoms with van der Waals surface area (Å²) in [6.45, 7) is 4.52. The Hall–Kier alpha value is -3.45. The number of aromatic nitrogens is 2. The molecule has 7 heteroatoms. The van der Waals surface area contributed by atoms with Crippen molar-refractivity contribution in [3.8, 4) is 17.0 Å². The number of amides is 1. The van der Waals surface area contributed by atoms with Crippen molar-refractivity contribution in [2.45, 2.75) is 12.5 Å². The number of rotatable bonds is 4. The number of nitrogens with one attached hydrogen (secondary N) is 1. The van der Waals surface area contributed by atoms with Gasteiger partial charge in [0.1, 0.15) is 24.4 Å². The van der Waals surface area contributed by atoms with Crippen molar-refractivity contribution in [1.82, 2.24) is 20.2 Å². The van der Waals surface area contributed by atoms with Gasteiger partial charge in [-0.05, 0) is 25.2 Å². The van der Waals surface area contributed by atoms with Gasteiger partial charge in [0, 0.05) is 49.4 Å². The third kappa shape index (κ3) is 4.29. The third-order valence-electron chi connectivity index (χ3n) is 6.15. The summed E-state index contributed by atoms with van der Waals surface area (Å²) < 4.78 is 6.03. The van der Waals surface area contributed by atoms with Crippen molar-refractivity contribution in [2.75, 3.05) is 44.7 Å². The number of fused-ring (bicyclic) bond motifs is 1. The van der Waals surface area contributed by atoms with Crippen LogP contribution in [0.15, 0.2) is 60.9 Å². The molecule has 1 saturated heterocycles. The van der Waals surface area contributed by atoms with Crippen molar-refractivity contribution in [2.24, 2.45) is 0 Å². The van der Waals surface area contributed by atoms with Crippen LogP contribution in [-0.2, 0) is 6.42 Å². The van der Waals surface area contributed by atoms with E-state index in [9.17, 15) is 4.79 Å². The molecule has 0 radical (unpaired) electrons. The molecule has 1 fully saturated rings. The number of piperazine rings is 1. The minimum atomic E-state index is -0.210. The van der Waals surface area contributed by atoms with Crippen molar-refractivity contribution in [1.29, 1.82) is 0 Å². The second-order valence-corrected chi connectivity index (χ2v) is 8.38. The van der Waals surface area contributed by atoms with Crippen LogP contribution in [0.3, 0.4) is 0 Å². The molecule has 1 atom stereocenters. The van der Waals surface area contributed by atoms with Crippen LogP contribution in [0.25, 0.3) is 11.3 Å². The van der Waals surface area contributed by atoms with Crippen molar-refractivity contribution in [3.05, 3.63) is 72.2 Å². The molecule has 0 bridgehead atoms. The lowest BCUT2D eigenvalue weighted by atomic mass is 9.99. The second-order valence-electron chi connectivity index (χ2n) is 8.38. The van der Waals surface area contributed by atoms with E-state index in [1.165, 1.54) is 17.6 Å². The fraction of sp³-hybridized carbons (Fsp3) is 0.320. The van der Waals surface area contributed by atoms with E-state index in [1.54, 1.807) is 6.07 Å². The summed E-state index contributed by atoms with van der Waals surface area (Å²) in [6.07, 6.45) is 2.18. The van der Waals surface area contributed by atoms with Gasteiger partial charge in [-0.25, -0.2) is 9.97 Å². The molecule has 1 aromatic heterocycles. The van der Waals surface area contributed by atoms with Crippen LogP contribution < -0.4 is 15.0 Å². The maximum atomic E-state index is 13.0. The SMILES string of the molecule is CN1CCN(c2cccc3c2C[C@H](NC(=O)c2cc(-c4ccccc4)ncn2)CO3)CC1. The highest BCUT2D eigenvalue weighted by molar-refractivity contribution is 5.93. The zero-order valence-corrected chi connectivity index (χ0v) is 18.2. The fourth-order valence-corrected chi connectivity index (χ4v) is 4.33. The van der Waals surface area contributed by atoms with Crippen molar-refractivity contribution in [3.63, 3.8) is 0 Å². The molecule has 0 saturated carbocycles. The number of anilines is 1. The molecule has 3 aromatic rings. The van der Waals surface area contributed by atoms with E-state index in [0.717, 1.165) is 49.6 Å². The van der Waals surface area contributed by atoms with Gasteiger partial charge in [0.25, 0.3) is 5.91 Å². The summed E-state index contributed by atoms with van der Waals surface area (Å²) in [7, 11) is 2.16. The molecule has 2 aliphatic heterocycles. The Kier molecular flexibility index (Phi) is 5.73. The number of benzene rings is 2. The van der Waals surface area contributed by atoms with Gasteiger partial charge in [-0.1, -0.05) is 36.4 Å². The van der Waals surface area contributed by atoms with E-state index in [0.29, 0.717) is 12.3 Å². The Morgan fingerprint density at radius 1 is 1.03 bits per heavy atom. The number of carbonyl (C=O) groups excluding carboxylic acids is 1. The second kappa shape index (κ2) is 8.96. The van der Waals surface area contributed by atoms with E-state index in [-0.39, 0.29) is 11.9 Å². The predicted octanol–water partition coefficient (Wildman–Crippen LogP) is 2.63. The zero-order chi connectivity index (χ0) is 21.9. The highest BCUT2D eigenvalue weighted by atomic mass is 16.5. The largest absolute Gasteiger partial charge is 0.491 e. The van der Waals surface area contributed by atoms with E-state index in [2.05, 4.69) is 44.3 Å². The first-order chi connectivity index (χ1) is 15.7. The van der Waals surface area contributed by atoms with Gasteiger partial charge in [0.05, 0.1) is 11.7 Å². The van der Waals surface area contributed by atoms with E-state index < -0.39 is 0 Å². The lowest BCUT2D eigenvalue weighted by Gasteiger charge is -2.37. The minimum absolute atomic E-state index is 0.112. The highest BCUT2D eigenvalue weighted by Gasteiger charge is 2.27. The van der Waals surface area contributed by atoms with Crippen LogP contribution in [0.5, 0.6) is 5.75 Å². The number of likely N-dealkylation sites (N-methyl/N-ethyl adjacent to an activating group) is 1. The summed E-state index contributed by atoms with van der Waals surface area (Å²) in [6, 6.07) is 17.6. The Morgan fingerprint density at radius 3 is 2.66 bits per heavy atom. The molecule has 32 heavy (non-hydrogen) atoms. The molecule has 1 N–H and O–H groups in total. The normalized spacial score (nSPS) is 18.5. The van der Waals surface area contributed by atoms with Gasteiger partial charge in [0.15, 0.2) is 0 Å². The number of ether oxygens (including phenoxy) is 1. The molecule has 3 heterocycles. The van der Waals surface area contributed by atoms with Gasteiger partial charge in [-0.3, -0.25) is 4.79 Å². The van der Waals surface area contributed by atoms with Crippen LogP contribution in [0.4, 0.5) is 5.69 Å². The summed E-state index contributed by atoms with van der Waals surface area (Å²) in [5, 5.41) is 3.11. The molecule has 0 unspecified atom stereocenters. The van der Waals surface area contributed by atoms with E-state index in [1.807, 2.05) is 36.4 Å². The molecular formula is C25H27N5O2. The lowest BCUT2D eigenvalue weighted by Crippen LogP contribution is -2.46. The molecule has 164 valence electrons. The van der Waals surface area contributed by atoms with Crippen molar-refractivity contribution >= 4 is 11.6 Å². The summed E-state index contributed by atoms with van der Waals surface area (Å²) >= 11 is 0. The van der Waals surface area contributed by atoms with Crippen molar-refractivity contribution < 1.29 is 9.53 Å². The van der Waals surface area contributed by atoms with Crippen LogP contribution in [0.1, 0.15) is 16.1 Å². The van der Waals surface area contributed by atoms with E-state index in [4.69, 9.17) is 4.74 Å². The Bertz CT molecular complexity index is 1100. The topological polar surface area (TPSA) is 70.6 Å². The van der Waals surface area contributed by atoms with Gasteiger partial charge < -0.3 is 19.9 Å². The minimum Gasteiger partial charge on any atom is -0.491 e. The number of hydrogen-bond donors (Lipinski definition) is 1. The molecule has 1 amide bonds. The molecule has 7 nitrogen and oxygen atoms in total. The quantitative estimate of drug-likeness (QED) is 0.688. The molecule has 2 aromatic carbocycles. The van der Waals surface area contributed by atoms with Crippen LogP contribution >= 0.6 is 0 Å². The summed E-state index contributed by atoms with van der Waals surface area (Å²) in [5.74, 6) is 0.707. The average Bonchev–Trinajstić information content (AvgIpc) is 2.85. The monoisotopic (exact) mass is 429 g/mol. The first kappa shape index (κ1) is 20.5. The molecule has 0 aliphatic carbocycles. The standard InChI is InChI=1S/C25H27N5O2/c1-29-10-12-30(13-11-29)23-8-5-9-24-20(23)14-19(16-32-24)28-25(31)22-15-21(26-17-27-22)18-6-3-2-4-7-18/h2-9,15,17,19H,10-14,16H2,1H3,(H,28,31)/t19-/m0/s1. The lowest BCUT2D eigenvalue weighted by molar-refractivity contribution is 0.0910. The zero-order valence-electron chi connectivity index (χ0n) is 18.2. The van der Waals surface area contributed by atoms with E-state index >= 15 is 0 Å². The van der Waals surface area contributed by atoms with Gasteiger partial charge >= 0.3 is 0 Å². The Labute approximate surface area is 188 Å². The highest BCUT2D eigenvalue weighted by Crippen LogP contribution is 2.34. The Morgan fingerprint density at radius 2 is 1.84 bits per heavy atom. The molecular weight excluding hydrogens is 402 g/mol. The number of carbonyl (C=O) groups is 1. The van der Waals surface area contributed by atoms with Crippen LogP contribution in [0, 0.1) is 0 Å². The maximum absolute atomic E-state index is 13.0. The fourth-order valence-electron chi connectivity index (χ4n) is 4.33. The average molecular weight is 430 g/mol. The summed E-state index contributed by atoms with van der Waals surface area (Å²) in [4.78, 5) is 26.2. The first-order valence-corrected chi connectivity index (χ1v) is 11.0. The number of nitrogens with zero attached hydrogens (tertiary/aromatic N) is 4. The van der Waals surface area contributed by atoms with Gasteiger partial charge in [0.2, 0.25) is 0 Å². The number of hydrogen-bond acceptors (Lipinski definition) is 6.